The first-order valence-corrected chi connectivity index (χ1v) is 11.3. The summed E-state index contributed by atoms with van der Waals surface area (Å²) in [6, 6.07) is 17.6. The van der Waals surface area contributed by atoms with Gasteiger partial charge in [0.2, 0.25) is 0 Å². The van der Waals surface area contributed by atoms with E-state index in [1.165, 1.54) is 0 Å². The quantitative estimate of drug-likeness (QED) is 0.304. The van der Waals surface area contributed by atoms with Crippen LogP contribution in [0.3, 0.4) is 0 Å². The van der Waals surface area contributed by atoms with Crippen molar-refractivity contribution in [2.45, 2.75) is 33.6 Å². The smallest absolute Gasteiger partial charge is 0.336 e. The van der Waals surface area contributed by atoms with Crippen LogP contribution in [0.4, 0.5) is 16.2 Å². The summed E-state index contributed by atoms with van der Waals surface area (Å²) in [5.41, 5.74) is 4.55. The molecule has 0 aliphatic heterocycles. The van der Waals surface area contributed by atoms with Crippen LogP contribution in [0.5, 0.6) is 5.75 Å². The van der Waals surface area contributed by atoms with E-state index in [0.717, 1.165) is 17.5 Å². The zero-order chi connectivity index (χ0) is 24.5. The summed E-state index contributed by atoms with van der Waals surface area (Å²) in [6.45, 7) is 6.42. The van der Waals surface area contributed by atoms with Gasteiger partial charge in [0.15, 0.2) is 0 Å². The number of amides is 2. The van der Waals surface area contributed by atoms with E-state index in [1.807, 2.05) is 63.3 Å². The van der Waals surface area contributed by atoms with Crippen molar-refractivity contribution >= 4 is 23.4 Å². The highest BCUT2D eigenvalue weighted by Crippen LogP contribution is 2.37. The molecule has 0 aliphatic carbocycles. The SMILES string of the molecule is C/C=C/Cc1cc(-c2ccccc2C(=O)O)cc(NC(=O)Nc2ccc(C)cc2)c1OCCC. The Hall–Kier alpha value is -4.06. The molecule has 6 nitrogen and oxygen atoms in total. The normalized spacial score (nSPS) is 10.8. The van der Waals surface area contributed by atoms with Crippen LogP contribution in [0.25, 0.3) is 11.1 Å². The summed E-state index contributed by atoms with van der Waals surface area (Å²) >= 11 is 0. The van der Waals surface area contributed by atoms with Gasteiger partial charge in [-0.3, -0.25) is 0 Å². The average molecular weight is 459 g/mol. The van der Waals surface area contributed by atoms with E-state index in [0.29, 0.717) is 41.3 Å². The van der Waals surface area contributed by atoms with E-state index in [1.54, 1.807) is 30.3 Å². The fraction of sp³-hybridized carbons (Fsp3) is 0.214. The van der Waals surface area contributed by atoms with Crippen LogP contribution < -0.4 is 15.4 Å². The van der Waals surface area contributed by atoms with E-state index >= 15 is 0 Å². The summed E-state index contributed by atoms with van der Waals surface area (Å²) in [7, 11) is 0. The lowest BCUT2D eigenvalue weighted by atomic mass is 9.95. The Morgan fingerprint density at radius 3 is 2.44 bits per heavy atom. The lowest BCUT2D eigenvalue weighted by molar-refractivity contribution is 0.0697. The van der Waals surface area contributed by atoms with Gasteiger partial charge in [-0.1, -0.05) is 55.0 Å². The number of nitrogens with one attached hydrogen (secondary N) is 2. The number of carboxylic acids is 1. The molecule has 3 N–H and O–H groups in total. The number of anilines is 2. The van der Waals surface area contributed by atoms with Crippen LogP contribution in [-0.4, -0.2) is 23.7 Å². The predicted octanol–water partition coefficient (Wildman–Crippen LogP) is 6.91. The standard InChI is InChI=1S/C28H30N2O4/c1-4-6-9-20-17-21(23-10-7-8-11-24(23)27(31)32)18-25(26(20)34-16-5-2)30-28(33)29-22-14-12-19(3)13-15-22/h4,6-8,10-15,17-18H,5,9,16H2,1-3H3,(H,31,32)(H2,29,30,33)/b6-4+. The van der Waals surface area contributed by atoms with Gasteiger partial charge in [0.25, 0.3) is 0 Å². The first-order valence-electron chi connectivity index (χ1n) is 11.3. The second-order valence-corrected chi connectivity index (χ2v) is 7.93. The van der Waals surface area contributed by atoms with Gasteiger partial charge in [-0.2, -0.15) is 0 Å². The second kappa shape index (κ2) is 11.7. The number of benzene rings is 3. The van der Waals surface area contributed by atoms with Gasteiger partial charge >= 0.3 is 12.0 Å². The highest BCUT2D eigenvalue weighted by molar-refractivity contribution is 6.02. The van der Waals surface area contributed by atoms with Gasteiger partial charge < -0.3 is 20.5 Å². The molecular formula is C28H30N2O4. The molecule has 0 aromatic heterocycles. The van der Waals surface area contributed by atoms with Crippen molar-refractivity contribution in [1.29, 1.82) is 0 Å². The van der Waals surface area contributed by atoms with Crippen molar-refractivity contribution in [2.75, 3.05) is 17.2 Å². The molecule has 3 aromatic rings. The Morgan fingerprint density at radius 2 is 1.76 bits per heavy atom. The summed E-state index contributed by atoms with van der Waals surface area (Å²) < 4.78 is 6.06. The van der Waals surface area contributed by atoms with Crippen LogP contribution in [0.2, 0.25) is 0 Å². The number of ether oxygens (including phenoxy) is 1. The molecule has 0 aliphatic rings. The van der Waals surface area contributed by atoms with Crippen molar-refractivity contribution in [2.24, 2.45) is 0 Å². The summed E-state index contributed by atoms with van der Waals surface area (Å²) in [5, 5.41) is 15.4. The van der Waals surface area contributed by atoms with Gasteiger partial charge in [-0.05, 0) is 68.1 Å². The highest BCUT2D eigenvalue weighted by atomic mass is 16.5. The second-order valence-electron chi connectivity index (χ2n) is 7.93. The lowest BCUT2D eigenvalue weighted by Gasteiger charge is -2.19. The number of aromatic carboxylic acids is 1. The molecular weight excluding hydrogens is 428 g/mol. The molecule has 176 valence electrons. The Bertz CT molecular complexity index is 1180. The molecule has 0 radical (unpaired) electrons. The monoisotopic (exact) mass is 458 g/mol. The van der Waals surface area contributed by atoms with Gasteiger partial charge in [0.05, 0.1) is 17.9 Å². The Labute approximate surface area is 200 Å². The van der Waals surface area contributed by atoms with Gasteiger partial charge in [-0.25, -0.2) is 9.59 Å². The Morgan fingerprint density at radius 1 is 1.03 bits per heavy atom. The molecule has 0 spiro atoms. The number of carboxylic acid groups (broad SMARTS) is 1. The summed E-state index contributed by atoms with van der Waals surface area (Å²) in [5.74, 6) is -0.431. The minimum atomic E-state index is -1.01. The number of carbonyl (C=O) groups excluding carboxylic acids is 1. The Balaban J connectivity index is 2.07. The number of carbonyl (C=O) groups is 2. The van der Waals surface area contributed by atoms with Gasteiger partial charge in [0.1, 0.15) is 5.75 Å². The topological polar surface area (TPSA) is 87.7 Å². The van der Waals surface area contributed by atoms with Crippen molar-refractivity contribution in [3.05, 3.63) is 89.5 Å². The van der Waals surface area contributed by atoms with Crippen molar-refractivity contribution in [3.63, 3.8) is 0 Å². The molecule has 2 amide bonds. The molecule has 0 atom stereocenters. The molecule has 6 heteroatoms. The van der Waals surface area contributed by atoms with E-state index in [2.05, 4.69) is 10.6 Å². The molecule has 0 unspecified atom stereocenters. The number of hydrogen-bond acceptors (Lipinski definition) is 3. The fourth-order valence-electron chi connectivity index (χ4n) is 3.55. The number of rotatable bonds is 9. The molecule has 3 rings (SSSR count). The molecule has 34 heavy (non-hydrogen) atoms. The van der Waals surface area contributed by atoms with Crippen molar-refractivity contribution in [3.8, 4) is 16.9 Å². The maximum Gasteiger partial charge on any atom is 0.336 e. The third kappa shape index (κ3) is 6.25. The van der Waals surface area contributed by atoms with Gasteiger partial charge in [-0.15, -0.1) is 0 Å². The van der Waals surface area contributed by atoms with Gasteiger partial charge in [0, 0.05) is 11.3 Å². The molecule has 3 aromatic carbocycles. The average Bonchev–Trinajstić information content (AvgIpc) is 2.83. The Kier molecular flexibility index (Phi) is 8.46. The van der Waals surface area contributed by atoms with Crippen LogP contribution in [0, 0.1) is 6.92 Å². The van der Waals surface area contributed by atoms with Crippen LogP contribution in [0.1, 0.15) is 41.8 Å². The zero-order valence-corrected chi connectivity index (χ0v) is 19.7. The third-order valence-electron chi connectivity index (χ3n) is 5.22. The molecule has 0 saturated carbocycles. The largest absolute Gasteiger partial charge is 0.491 e. The highest BCUT2D eigenvalue weighted by Gasteiger charge is 2.18. The van der Waals surface area contributed by atoms with E-state index in [4.69, 9.17) is 4.74 Å². The number of urea groups is 1. The zero-order valence-electron chi connectivity index (χ0n) is 19.7. The van der Waals surface area contributed by atoms with Crippen molar-refractivity contribution in [1.82, 2.24) is 0 Å². The fourth-order valence-corrected chi connectivity index (χ4v) is 3.55. The maximum absolute atomic E-state index is 12.9. The molecule has 0 bridgehead atoms. The molecule has 0 heterocycles. The maximum atomic E-state index is 12.9. The van der Waals surface area contributed by atoms with Crippen molar-refractivity contribution < 1.29 is 19.4 Å². The predicted molar refractivity (Wildman–Crippen MR) is 137 cm³/mol. The molecule has 0 fully saturated rings. The summed E-state index contributed by atoms with van der Waals surface area (Å²) in [6.07, 6.45) is 5.32. The first-order chi connectivity index (χ1) is 16.4. The third-order valence-corrected chi connectivity index (χ3v) is 5.22. The lowest BCUT2D eigenvalue weighted by Crippen LogP contribution is -2.20. The first kappa shape index (κ1) is 24.6. The van der Waals surface area contributed by atoms with E-state index in [9.17, 15) is 14.7 Å². The minimum absolute atomic E-state index is 0.191. The van der Waals surface area contributed by atoms with Crippen LogP contribution >= 0.6 is 0 Å². The van der Waals surface area contributed by atoms with Crippen LogP contribution in [0.15, 0.2) is 72.8 Å². The summed E-state index contributed by atoms with van der Waals surface area (Å²) in [4.78, 5) is 24.7. The number of aryl methyl sites for hydroxylation is 1. The van der Waals surface area contributed by atoms with Crippen LogP contribution in [-0.2, 0) is 6.42 Å². The number of hydrogen-bond donors (Lipinski definition) is 3. The number of allylic oxidation sites excluding steroid dienone is 2. The molecule has 0 saturated heterocycles. The minimum Gasteiger partial charge on any atom is -0.491 e. The van der Waals surface area contributed by atoms with E-state index < -0.39 is 12.0 Å². The van der Waals surface area contributed by atoms with E-state index in [-0.39, 0.29) is 5.56 Å².